The third-order valence-corrected chi connectivity index (χ3v) is 5.25. The van der Waals surface area contributed by atoms with Crippen LogP contribution in [0.2, 0.25) is 0 Å². The molecular formula is C27H30FN. The Bertz CT molecular complexity index is 877. The minimum atomic E-state index is -0.675. The van der Waals surface area contributed by atoms with E-state index in [9.17, 15) is 4.39 Å². The minimum Gasteiger partial charge on any atom is -0.256 e. The van der Waals surface area contributed by atoms with Gasteiger partial charge in [-0.2, -0.15) is 0 Å². The van der Waals surface area contributed by atoms with E-state index in [2.05, 4.69) is 72.2 Å². The monoisotopic (exact) mass is 387 g/mol. The molecule has 0 aliphatic heterocycles. The van der Waals surface area contributed by atoms with Crippen molar-refractivity contribution in [3.05, 3.63) is 90.6 Å². The molecule has 29 heavy (non-hydrogen) atoms. The van der Waals surface area contributed by atoms with E-state index >= 15 is 0 Å². The molecule has 0 saturated carbocycles. The second kappa shape index (κ2) is 10.7. The van der Waals surface area contributed by atoms with E-state index in [4.69, 9.17) is 0 Å². The number of aromatic nitrogens is 1. The second-order valence-electron chi connectivity index (χ2n) is 7.70. The molecule has 1 heterocycles. The van der Waals surface area contributed by atoms with Crippen LogP contribution in [0, 0.1) is 0 Å². The first-order valence-corrected chi connectivity index (χ1v) is 10.6. The lowest BCUT2D eigenvalue weighted by Gasteiger charge is -2.07. The lowest BCUT2D eigenvalue weighted by molar-refractivity contribution is 0.330. The average molecular weight is 388 g/mol. The number of rotatable bonds is 10. The van der Waals surface area contributed by atoms with Gasteiger partial charge in [0, 0.05) is 17.3 Å². The van der Waals surface area contributed by atoms with E-state index in [1.54, 1.807) is 6.92 Å². The number of unbranched alkanes of at least 4 members (excludes halogenated alkanes) is 2. The van der Waals surface area contributed by atoms with Crippen LogP contribution >= 0.6 is 0 Å². The van der Waals surface area contributed by atoms with Crippen LogP contribution in [0.4, 0.5) is 4.39 Å². The van der Waals surface area contributed by atoms with Crippen molar-refractivity contribution in [1.29, 1.82) is 0 Å². The summed E-state index contributed by atoms with van der Waals surface area (Å²) in [5, 5.41) is 0. The highest BCUT2D eigenvalue weighted by atomic mass is 19.1. The molecule has 0 aliphatic rings. The molecule has 3 rings (SSSR count). The average Bonchev–Trinajstić information content (AvgIpc) is 2.75. The van der Waals surface area contributed by atoms with Crippen LogP contribution in [0.25, 0.3) is 22.4 Å². The normalized spacial score (nSPS) is 11.9. The summed E-state index contributed by atoms with van der Waals surface area (Å²) in [6.45, 7) is 5.42. The molecule has 0 aliphatic carbocycles. The van der Waals surface area contributed by atoms with Gasteiger partial charge in [-0.1, -0.05) is 73.5 Å². The molecule has 0 amide bonds. The predicted octanol–water partition coefficient (Wildman–Crippen LogP) is 7.61. The summed E-state index contributed by atoms with van der Waals surface area (Å²) in [4.78, 5) is 4.66. The molecule has 0 saturated heterocycles. The van der Waals surface area contributed by atoms with E-state index in [1.165, 1.54) is 16.7 Å². The van der Waals surface area contributed by atoms with Crippen LogP contribution in [-0.2, 0) is 12.8 Å². The minimum absolute atomic E-state index is 0.675. The first-order valence-electron chi connectivity index (χ1n) is 10.6. The van der Waals surface area contributed by atoms with E-state index in [0.29, 0.717) is 6.42 Å². The van der Waals surface area contributed by atoms with E-state index in [0.717, 1.165) is 48.9 Å². The molecule has 1 aromatic heterocycles. The molecule has 150 valence electrons. The highest BCUT2D eigenvalue weighted by Gasteiger charge is 2.03. The number of nitrogens with zero attached hydrogens (tertiary/aromatic N) is 1. The van der Waals surface area contributed by atoms with Crippen LogP contribution in [0.5, 0.6) is 0 Å². The third-order valence-electron chi connectivity index (χ3n) is 5.25. The Morgan fingerprint density at radius 2 is 1.48 bits per heavy atom. The van der Waals surface area contributed by atoms with Crippen LogP contribution in [0.1, 0.15) is 43.7 Å². The number of allylic oxidation sites excluding steroid dienone is 1. The van der Waals surface area contributed by atoms with E-state index in [1.807, 2.05) is 12.3 Å². The maximum atomic E-state index is 12.8. The van der Waals surface area contributed by atoms with Gasteiger partial charge in [0.25, 0.3) is 0 Å². The van der Waals surface area contributed by atoms with Gasteiger partial charge in [0.1, 0.15) is 0 Å². The summed E-state index contributed by atoms with van der Waals surface area (Å²) >= 11 is 0. The Hall–Kier alpha value is -2.74. The van der Waals surface area contributed by atoms with Crippen molar-refractivity contribution >= 4 is 0 Å². The standard InChI is InChI=1S/C27H30FN/c1-3-7-22-12-16-25(17-13-22)27-19-18-26(20-29-27)24-14-10-23(11-15-24)9-6-4-5-8-21(2)28/h3,10-21H,1,4-9H2,2H3. The fraction of sp³-hybridized carbons (Fsp3) is 0.296. The molecule has 0 spiro atoms. The number of benzene rings is 2. The molecule has 1 atom stereocenters. The van der Waals surface area contributed by atoms with Crippen molar-refractivity contribution in [3.63, 3.8) is 0 Å². The Kier molecular flexibility index (Phi) is 7.75. The molecule has 1 unspecified atom stereocenters. The summed E-state index contributed by atoms with van der Waals surface area (Å²) in [7, 11) is 0. The van der Waals surface area contributed by atoms with Crippen LogP contribution in [0.3, 0.4) is 0 Å². The summed E-state index contributed by atoms with van der Waals surface area (Å²) in [6.07, 6.45) is 9.00. The molecule has 1 nitrogen and oxygen atoms in total. The molecule has 0 bridgehead atoms. The molecule has 0 radical (unpaired) electrons. The van der Waals surface area contributed by atoms with Gasteiger partial charge in [-0.25, -0.2) is 4.39 Å². The number of alkyl halides is 1. The lowest BCUT2D eigenvalue weighted by atomic mass is 10.0. The summed E-state index contributed by atoms with van der Waals surface area (Å²) in [5.74, 6) is 0. The molecule has 3 aromatic rings. The number of pyridine rings is 1. The lowest BCUT2D eigenvalue weighted by Crippen LogP contribution is -1.92. The van der Waals surface area contributed by atoms with Gasteiger partial charge in [0.15, 0.2) is 0 Å². The zero-order valence-corrected chi connectivity index (χ0v) is 17.3. The number of hydrogen-bond donors (Lipinski definition) is 0. The van der Waals surface area contributed by atoms with Crippen LogP contribution in [0.15, 0.2) is 79.5 Å². The highest BCUT2D eigenvalue weighted by molar-refractivity contribution is 5.67. The van der Waals surface area contributed by atoms with Crippen molar-refractivity contribution in [2.75, 3.05) is 0 Å². The van der Waals surface area contributed by atoms with Crippen molar-refractivity contribution < 1.29 is 4.39 Å². The van der Waals surface area contributed by atoms with Crippen LogP contribution in [-0.4, -0.2) is 11.2 Å². The molecule has 0 N–H and O–H groups in total. The second-order valence-corrected chi connectivity index (χ2v) is 7.70. The fourth-order valence-electron chi connectivity index (χ4n) is 3.51. The van der Waals surface area contributed by atoms with Crippen molar-refractivity contribution in [3.8, 4) is 22.4 Å². The van der Waals surface area contributed by atoms with E-state index in [-0.39, 0.29) is 0 Å². The summed E-state index contributed by atoms with van der Waals surface area (Å²) in [5.41, 5.74) is 7.02. The maximum Gasteiger partial charge on any atom is 0.0973 e. The first kappa shape index (κ1) is 21.0. The van der Waals surface area contributed by atoms with Gasteiger partial charge >= 0.3 is 0 Å². The maximum absolute atomic E-state index is 12.8. The molecule has 2 aromatic carbocycles. The van der Waals surface area contributed by atoms with Gasteiger partial charge in [0.05, 0.1) is 11.9 Å². The van der Waals surface area contributed by atoms with Gasteiger partial charge in [-0.3, -0.25) is 4.98 Å². The number of aryl methyl sites for hydroxylation is 1. The van der Waals surface area contributed by atoms with Crippen molar-refractivity contribution in [1.82, 2.24) is 4.98 Å². The third kappa shape index (κ3) is 6.39. The topological polar surface area (TPSA) is 12.9 Å². The van der Waals surface area contributed by atoms with Gasteiger partial charge in [0.2, 0.25) is 0 Å². The van der Waals surface area contributed by atoms with E-state index < -0.39 is 6.17 Å². The van der Waals surface area contributed by atoms with Gasteiger partial charge < -0.3 is 0 Å². The first-order chi connectivity index (χ1) is 14.2. The Morgan fingerprint density at radius 3 is 2.10 bits per heavy atom. The Balaban J connectivity index is 1.57. The largest absolute Gasteiger partial charge is 0.256 e. The zero-order valence-electron chi connectivity index (χ0n) is 17.3. The van der Waals surface area contributed by atoms with Crippen molar-refractivity contribution in [2.45, 2.75) is 51.6 Å². The summed E-state index contributed by atoms with van der Waals surface area (Å²) in [6, 6.07) is 21.4. The summed E-state index contributed by atoms with van der Waals surface area (Å²) < 4.78 is 12.8. The highest BCUT2D eigenvalue weighted by Crippen LogP contribution is 2.24. The fourth-order valence-corrected chi connectivity index (χ4v) is 3.51. The number of hydrogen-bond acceptors (Lipinski definition) is 1. The van der Waals surface area contributed by atoms with Gasteiger partial charge in [-0.05, 0) is 55.4 Å². The zero-order chi connectivity index (χ0) is 20.5. The van der Waals surface area contributed by atoms with Gasteiger partial charge in [-0.15, -0.1) is 6.58 Å². The Morgan fingerprint density at radius 1 is 0.828 bits per heavy atom. The SMILES string of the molecule is C=CCc1ccc(-c2ccc(-c3ccc(CCCCCC(C)F)cc3)cn2)cc1. The Labute approximate surface area is 174 Å². The predicted molar refractivity (Wildman–Crippen MR) is 122 cm³/mol. The number of halogens is 1. The molecule has 2 heteroatoms. The molecular weight excluding hydrogens is 357 g/mol. The molecule has 0 fully saturated rings. The van der Waals surface area contributed by atoms with Crippen LogP contribution < -0.4 is 0 Å². The smallest absolute Gasteiger partial charge is 0.0973 e. The van der Waals surface area contributed by atoms with Crippen molar-refractivity contribution in [2.24, 2.45) is 0 Å². The quantitative estimate of drug-likeness (QED) is 0.258.